The van der Waals surface area contributed by atoms with Gasteiger partial charge in [0.2, 0.25) is 0 Å². The standard InChI is InChI=1S/C16H21N5/c1-4-13-10(2)15(20-17)19-16(18-13)12-5-6-14-11(9-12)7-8-21(14)3/h5-6,9H,4,7-8,17H2,1-3H3,(H,18,19,20). The third-order valence-electron chi connectivity index (χ3n) is 4.18. The molecule has 3 rings (SSSR count). The molecule has 1 aliphatic rings. The predicted octanol–water partition coefficient (Wildman–Crippen LogP) is 2.29. The molecule has 0 atom stereocenters. The van der Waals surface area contributed by atoms with Crippen LogP contribution in [-0.4, -0.2) is 23.6 Å². The lowest BCUT2D eigenvalue weighted by Crippen LogP contribution is -2.13. The number of rotatable bonds is 3. The number of hydrazine groups is 1. The van der Waals surface area contributed by atoms with Gasteiger partial charge in [-0.25, -0.2) is 15.8 Å². The summed E-state index contributed by atoms with van der Waals surface area (Å²) in [6.07, 6.45) is 1.94. The van der Waals surface area contributed by atoms with Gasteiger partial charge < -0.3 is 10.3 Å². The summed E-state index contributed by atoms with van der Waals surface area (Å²) in [6, 6.07) is 6.44. The Kier molecular flexibility index (Phi) is 3.51. The second-order valence-corrected chi connectivity index (χ2v) is 5.48. The van der Waals surface area contributed by atoms with Crippen molar-refractivity contribution in [3.8, 4) is 11.4 Å². The minimum absolute atomic E-state index is 0.703. The van der Waals surface area contributed by atoms with E-state index in [1.165, 1.54) is 11.3 Å². The molecule has 110 valence electrons. The molecule has 21 heavy (non-hydrogen) atoms. The van der Waals surface area contributed by atoms with Crippen molar-refractivity contribution < 1.29 is 0 Å². The van der Waals surface area contributed by atoms with E-state index < -0.39 is 0 Å². The Hall–Kier alpha value is -2.14. The first-order chi connectivity index (χ1) is 10.1. The molecule has 3 N–H and O–H groups in total. The van der Waals surface area contributed by atoms with Gasteiger partial charge in [-0.2, -0.15) is 0 Å². The minimum Gasteiger partial charge on any atom is -0.374 e. The quantitative estimate of drug-likeness (QED) is 0.668. The number of aromatic nitrogens is 2. The van der Waals surface area contributed by atoms with E-state index in [1.807, 2.05) is 6.92 Å². The molecule has 5 nitrogen and oxygen atoms in total. The van der Waals surface area contributed by atoms with E-state index in [2.05, 4.69) is 47.5 Å². The molecule has 0 unspecified atom stereocenters. The molecule has 1 aliphatic heterocycles. The molecule has 0 spiro atoms. The fourth-order valence-corrected chi connectivity index (χ4v) is 2.88. The molecular weight excluding hydrogens is 262 g/mol. The lowest BCUT2D eigenvalue weighted by molar-refractivity contribution is 0.956. The summed E-state index contributed by atoms with van der Waals surface area (Å²) in [4.78, 5) is 11.5. The largest absolute Gasteiger partial charge is 0.374 e. The van der Waals surface area contributed by atoms with Crippen LogP contribution >= 0.6 is 0 Å². The van der Waals surface area contributed by atoms with Crippen LogP contribution in [0.2, 0.25) is 0 Å². The van der Waals surface area contributed by atoms with Crippen LogP contribution in [0.4, 0.5) is 11.5 Å². The summed E-state index contributed by atoms with van der Waals surface area (Å²) in [5.74, 6) is 7.02. The Morgan fingerprint density at radius 3 is 2.86 bits per heavy atom. The summed E-state index contributed by atoms with van der Waals surface area (Å²) < 4.78 is 0. The first-order valence-electron chi connectivity index (χ1n) is 7.32. The highest BCUT2D eigenvalue weighted by molar-refractivity contribution is 5.68. The Labute approximate surface area is 125 Å². The number of likely N-dealkylation sites (N-methyl/N-ethyl adjacent to an activating group) is 1. The van der Waals surface area contributed by atoms with Crippen LogP contribution in [0.15, 0.2) is 18.2 Å². The fourth-order valence-electron chi connectivity index (χ4n) is 2.88. The highest BCUT2D eigenvalue weighted by Crippen LogP contribution is 2.31. The average Bonchev–Trinajstić information content (AvgIpc) is 2.88. The van der Waals surface area contributed by atoms with E-state index >= 15 is 0 Å². The topological polar surface area (TPSA) is 67.1 Å². The maximum absolute atomic E-state index is 5.58. The third-order valence-corrected chi connectivity index (χ3v) is 4.18. The molecule has 0 saturated heterocycles. The highest BCUT2D eigenvalue weighted by atomic mass is 15.3. The zero-order chi connectivity index (χ0) is 15.0. The Morgan fingerprint density at radius 2 is 2.14 bits per heavy atom. The van der Waals surface area contributed by atoms with Gasteiger partial charge in [0.15, 0.2) is 5.82 Å². The van der Waals surface area contributed by atoms with E-state index in [9.17, 15) is 0 Å². The third kappa shape index (κ3) is 2.34. The van der Waals surface area contributed by atoms with E-state index in [4.69, 9.17) is 10.8 Å². The molecule has 0 radical (unpaired) electrons. The molecular formula is C16H21N5. The molecule has 2 heterocycles. The zero-order valence-corrected chi connectivity index (χ0v) is 12.8. The summed E-state index contributed by atoms with van der Waals surface area (Å²) in [5.41, 5.74) is 8.45. The SMILES string of the molecule is CCc1nc(-c2ccc3c(c2)CCN3C)nc(NN)c1C. The van der Waals surface area contributed by atoms with Gasteiger partial charge in [0.05, 0.1) is 0 Å². The van der Waals surface area contributed by atoms with Gasteiger partial charge >= 0.3 is 0 Å². The van der Waals surface area contributed by atoms with Crippen molar-refractivity contribution in [2.24, 2.45) is 5.84 Å². The zero-order valence-electron chi connectivity index (χ0n) is 12.8. The first-order valence-corrected chi connectivity index (χ1v) is 7.32. The van der Waals surface area contributed by atoms with E-state index in [0.29, 0.717) is 5.82 Å². The van der Waals surface area contributed by atoms with Crippen molar-refractivity contribution in [3.63, 3.8) is 0 Å². The van der Waals surface area contributed by atoms with Crippen LogP contribution in [0.25, 0.3) is 11.4 Å². The monoisotopic (exact) mass is 283 g/mol. The number of nitrogens with zero attached hydrogens (tertiary/aromatic N) is 3. The predicted molar refractivity (Wildman–Crippen MR) is 86.4 cm³/mol. The van der Waals surface area contributed by atoms with Gasteiger partial charge in [0, 0.05) is 36.1 Å². The average molecular weight is 283 g/mol. The van der Waals surface area contributed by atoms with Gasteiger partial charge in [0.1, 0.15) is 5.82 Å². The van der Waals surface area contributed by atoms with Crippen molar-refractivity contribution in [1.82, 2.24) is 9.97 Å². The highest BCUT2D eigenvalue weighted by Gasteiger charge is 2.17. The number of hydrogen-bond acceptors (Lipinski definition) is 5. The lowest BCUT2D eigenvalue weighted by atomic mass is 10.1. The van der Waals surface area contributed by atoms with Gasteiger partial charge in [-0.15, -0.1) is 0 Å². The number of aryl methyl sites for hydroxylation is 1. The maximum Gasteiger partial charge on any atom is 0.161 e. The van der Waals surface area contributed by atoms with Crippen LogP contribution in [0, 0.1) is 6.92 Å². The van der Waals surface area contributed by atoms with Crippen LogP contribution in [0.3, 0.4) is 0 Å². The van der Waals surface area contributed by atoms with Crippen LogP contribution < -0.4 is 16.2 Å². The number of hydrogen-bond donors (Lipinski definition) is 2. The fraction of sp³-hybridized carbons (Fsp3) is 0.375. The number of benzene rings is 1. The van der Waals surface area contributed by atoms with Crippen molar-refractivity contribution in [2.75, 3.05) is 23.9 Å². The molecule has 0 saturated carbocycles. The number of nitrogen functional groups attached to an aromatic ring is 1. The number of nitrogens with two attached hydrogens (primary N) is 1. The Balaban J connectivity index is 2.08. The number of nitrogens with one attached hydrogen (secondary N) is 1. The molecule has 1 aromatic carbocycles. The molecule has 0 bridgehead atoms. The molecule has 0 fully saturated rings. The summed E-state index contributed by atoms with van der Waals surface area (Å²) in [7, 11) is 2.12. The summed E-state index contributed by atoms with van der Waals surface area (Å²) in [6.45, 7) is 5.16. The van der Waals surface area contributed by atoms with E-state index in [1.54, 1.807) is 0 Å². The van der Waals surface area contributed by atoms with Crippen molar-refractivity contribution >= 4 is 11.5 Å². The number of anilines is 2. The molecule has 1 aromatic heterocycles. The van der Waals surface area contributed by atoms with E-state index in [0.717, 1.165) is 42.0 Å². The Morgan fingerprint density at radius 1 is 1.33 bits per heavy atom. The smallest absolute Gasteiger partial charge is 0.161 e. The Bertz CT molecular complexity index is 655. The van der Waals surface area contributed by atoms with Gasteiger partial charge in [-0.05, 0) is 43.5 Å². The van der Waals surface area contributed by atoms with Gasteiger partial charge in [-0.3, -0.25) is 0 Å². The molecule has 0 aliphatic carbocycles. The van der Waals surface area contributed by atoms with E-state index in [-0.39, 0.29) is 0 Å². The van der Waals surface area contributed by atoms with Gasteiger partial charge in [-0.1, -0.05) is 6.92 Å². The van der Waals surface area contributed by atoms with Gasteiger partial charge in [0.25, 0.3) is 0 Å². The summed E-state index contributed by atoms with van der Waals surface area (Å²) in [5, 5.41) is 0. The first kappa shape index (κ1) is 13.8. The summed E-state index contributed by atoms with van der Waals surface area (Å²) >= 11 is 0. The maximum atomic E-state index is 5.58. The van der Waals surface area contributed by atoms with Crippen molar-refractivity contribution in [3.05, 3.63) is 35.0 Å². The van der Waals surface area contributed by atoms with Crippen LogP contribution in [0.1, 0.15) is 23.7 Å². The van der Waals surface area contributed by atoms with Crippen molar-refractivity contribution in [2.45, 2.75) is 26.7 Å². The molecule has 0 amide bonds. The second kappa shape index (κ2) is 5.33. The minimum atomic E-state index is 0.703. The lowest BCUT2D eigenvalue weighted by Gasteiger charge is -2.13. The number of fused-ring (bicyclic) bond motifs is 1. The van der Waals surface area contributed by atoms with Crippen LogP contribution in [-0.2, 0) is 12.8 Å². The second-order valence-electron chi connectivity index (χ2n) is 5.48. The van der Waals surface area contributed by atoms with Crippen LogP contribution in [0.5, 0.6) is 0 Å². The molecule has 5 heteroatoms. The normalized spacial score (nSPS) is 13.4. The van der Waals surface area contributed by atoms with Crippen molar-refractivity contribution in [1.29, 1.82) is 0 Å². The molecule has 2 aromatic rings.